The van der Waals surface area contributed by atoms with Crippen molar-refractivity contribution in [1.82, 2.24) is 20.1 Å². The average Bonchev–Trinajstić information content (AvgIpc) is 3.35. The summed E-state index contributed by atoms with van der Waals surface area (Å²) >= 11 is 0. The molecule has 0 radical (unpaired) electrons. The minimum atomic E-state index is -3.04. The molecule has 0 fully saturated rings. The highest BCUT2D eigenvalue weighted by atomic mass is 32.2. The molecular formula is C29H39N5O3S. The molecule has 5 rings (SSSR count). The maximum atomic E-state index is 11.6. The summed E-state index contributed by atoms with van der Waals surface area (Å²) in [5, 5.41) is 11.1. The Labute approximate surface area is 228 Å². The molecule has 1 aliphatic rings. The lowest BCUT2D eigenvalue weighted by molar-refractivity contribution is 0.193. The monoisotopic (exact) mass is 537 g/mol. The number of anilines is 1. The summed E-state index contributed by atoms with van der Waals surface area (Å²) in [5.41, 5.74) is 4.85. The molecule has 0 saturated heterocycles. The van der Waals surface area contributed by atoms with Crippen LogP contribution in [0, 0.1) is 0 Å². The van der Waals surface area contributed by atoms with Crippen molar-refractivity contribution < 1.29 is 16.0 Å². The van der Waals surface area contributed by atoms with E-state index in [0.717, 1.165) is 34.5 Å². The van der Waals surface area contributed by atoms with E-state index in [2.05, 4.69) is 27.6 Å². The lowest BCUT2D eigenvalue weighted by Gasteiger charge is -2.27. The van der Waals surface area contributed by atoms with Crippen LogP contribution in [-0.2, 0) is 22.6 Å². The Bertz CT molecular complexity index is 1410. The molecule has 1 aliphatic heterocycles. The third-order valence-electron chi connectivity index (χ3n) is 6.13. The van der Waals surface area contributed by atoms with E-state index in [1.807, 2.05) is 86.2 Å². The second kappa shape index (κ2) is 12.7. The van der Waals surface area contributed by atoms with E-state index in [4.69, 9.17) is 4.74 Å². The van der Waals surface area contributed by atoms with Crippen molar-refractivity contribution in [3.05, 3.63) is 96.4 Å². The van der Waals surface area contributed by atoms with Gasteiger partial charge in [-0.25, -0.2) is 13.4 Å². The summed E-state index contributed by atoms with van der Waals surface area (Å²) in [6, 6.07) is 21.8. The lowest BCUT2D eigenvalue weighted by atomic mass is 9.99. The predicted octanol–water partition coefficient (Wildman–Crippen LogP) is 4.77. The molecule has 0 bridgehead atoms. The number of hydrogen-bond acceptors (Lipinski definition) is 7. The van der Waals surface area contributed by atoms with Crippen molar-refractivity contribution in [2.24, 2.45) is 7.05 Å². The van der Waals surface area contributed by atoms with Crippen LogP contribution in [0.4, 0.5) is 5.69 Å². The number of aromatic nitrogens is 3. The smallest absolute Gasteiger partial charge is 0.237 e. The fourth-order valence-electron chi connectivity index (χ4n) is 4.19. The summed E-state index contributed by atoms with van der Waals surface area (Å²) in [5.74, 6) is 0.924. The van der Waals surface area contributed by atoms with Crippen molar-refractivity contribution in [2.75, 3.05) is 31.2 Å². The van der Waals surface area contributed by atoms with Gasteiger partial charge in [0.05, 0.1) is 24.2 Å². The van der Waals surface area contributed by atoms with Gasteiger partial charge in [-0.1, -0.05) is 67.6 Å². The number of pyridine rings is 1. The Hall–Kier alpha value is -3.69. The quantitative estimate of drug-likeness (QED) is 0.334. The highest BCUT2D eigenvalue weighted by molar-refractivity contribution is 7.89. The number of nitrogens with zero attached hydrogens (tertiary/aromatic N) is 3. The van der Waals surface area contributed by atoms with E-state index in [1.165, 1.54) is 6.26 Å². The molecule has 2 N–H and O–H groups in total. The van der Waals surface area contributed by atoms with E-state index in [1.54, 1.807) is 10.9 Å². The van der Waals surface area contributed by atoms with Crippen LogP contribution in [0.5, 0.6) is 5.88 Å². The highest BCUT2D eigenvalue weighted by Gasteiger charge is 2.21. The Morgan fingerprint density at radius 2 is 1.84 bits per heavy atom. The Morgan fingerprint density at radius 3 is 2.50 bits per heavy atom. The lowest BCUT2D eigenvalue weighted by Crippen LogP contribution is -2.40. The largest absolute Gasteiger partial charge is 0.470 e. The first-order valence-electron chi connectivity index (χ1n) is 12.6. The summed E-state index contributed by atoms with van der Waals surface area (Å²) < 4.78 is 31.0. The molecule has 2 aromatic heterocycles. The zero-order valence-corrected chi connectivity index (χ0v) is 22.9. The number of hydrogen-bond donors (Lipinski definition) is 2. The van der Waals surface area contributed by atoms with Crippen LogP contribution >= 0.6 is 0 Å². The van der Waals surface area contributed by atoms with Crippen LogP contribution < -0.4 is 15.4 Å². The maximum Gasteiger partial charge on any atom is 0.237 e. The minimum Gasteiger partial charge on any atom is -0.470 e. The molecule has 0 saturated carbocycles. The first-order chi connectivity index (χ1) is 18.3. The van der Waals surface area contributed by atoms with E-state index in [0.29, 0.717) is 19.0 Å². The zero-order valence-electron chi connectivity index (χ0n) is 22.0. The maximum absolute atomic E-state index is 11.6. The van der Waals surface area contributed by atoms with Gasteiger partial charge in [0.15, 0.2) is 9.84 Å². The van der Waals surface area contributed by atoms with Crippen LogP contribution in [0.2, 0.25) is 0 Å². The first kappa shape index (κ1) is 27.3. The predicted molar refractivity (Wildman–Crippen MR) is 156 cm³/mol. The number of rotatable bonds is 8. The molecule has 2 atom stereocenters. The van der Waals surface area contributed by atoms with Gasteiger partial charge < -0.3 is 15.4 Å². The molecule has 2 aromatic carbocycles. The molecule has 9 heteroatoms. The molecule has 4 aromatic rings. The molecule has 0 spiro atoms. The van der Waals surface area contributed by atoms with Crippen molar-refractivity contribution >= 4 is 15.5 Å². The summed E-state index contributed by atoms with van der Waals surface area (Å²) in [6.45, 7) is 4.27. The summed E-state index contributed by atoms with van der Waals surface area (Å²) in [7, 11) is -1.15. The van der Waals surface area contributed by atoms with Gasteiger partial charge in [0.2, 0.25) is 5.88 Å². The number of benzene rings is 2. The number of ether oxygens (including phenoxy) is 1. The van der Waals surface area contributed by atoms with Crippen LogP contribution in [0.3, 0.4) is 0 Å². The van der Waals surface area contributed by atoms with Crippen LogP contribution in [0.25, 0.3) is 11.1 Å². The van der Waals surface area contributed by atoms with Gasteiger partial charge in [-0.2, -0.15) is 5.10 Å². The Balaban J connectivity index is 0.000000622. The van der Waals surface area contributed by atoms with Gasteiger partial charge in [0, 0.05) is 52.8 Å². The van der Waals surface area contributed by atoms with Crippen molar-refractivity contribution in [2.45, 2.75) is 24.7 Å². The SMILES string of the molecule is C[C@@H](CNC[C@@H]1CNc2cc(-c3cnn(C)c3)cnc2O1)c1cccc(CS(C)(=O)=O)c1.[HH].[HH].c1ccccc1. The van der Waals surface area contributed by atoms with Crippen LogP contribution in [0.1, 0.15) is 26.8 Å². The molecule has 3 heterocycles. The van der Waals surface area contributed by atoms with E-state index >= 15 is 0 Å². The highest BCUT2D eigenvalue weighted by Crippen LogP contribution is 2.31. The van der Waals surface area contributed by atoms with Gasteiger partial charge in [-0.05, 0) is 23.1 Å². The van der Waals surface area contributed by atoms with Crippen LogP contribution in [0.15, 0.2) is 85.3 Å². The number of fused-ring (bicyclic) bond motifs is 1. The van der Waals surface area contributed by atoms with Gasteiger partial charge in [-0.15, -0.1) is 0 Å². The van der Waals surface area contributed by atoms with Gasteiger partial charge in [0.25, 0.3) is 0 Å². The van der Waals surface area contributed by atoms with Gasteiger partial charge in [0.1, 0.15) is 6.10 Å². The molecule has 0 amide bonds. The standard InChI is InChI=1S/C23H29N5O3S.C6H6.2H2/c1-16(18-6-4-5-17(7-18)15-32(3,29)30)9-24-12-21-13-25-22-8-19(10-26-23(22)31-21)20-11-27-28(2)14-20;1-2-4-6-5-3-1;;/h4-8,10-11,14,16,21,24-25H,9,12-13,15H2,1-3H3;1-6H;2*1H/t16-,21+;;;/m0.../s1. The van der Waals surface area contributed by atoms with Gasteiger partial charge >= 0.3 is 0 Å². The Kier molecular flexibility index (Phi) is 9.15. The van der Waals surface area contributed by atoms with Crippen LogP contribution in [-0.4, -0.2) is 55.2 Å². The van der Waals surface area contributed by atoms with Crippen molar-refractivity contribution in [3.8, 4) is 17.0 Å². The summed E-state index contributed by atoms with van der Waals surface area (Å²) in [6.07, 6.45) is 6.81. The molecular weight excluding hydrogens is 498 g/mol. The van der Waals surface area contributed by atoms with E-state index in [-0.39, 0.29) is 20.6 Å². The molecule has 0 aliphatic carbocycles. The van der Waals surface area contributed by atoms with Gasteiger partial charge in [-0.3, -0.25) is 4.68 Å². The van der Waals surface area contributed by atoms with Crippen molar-refractivity contribution in [1.29, 1.82) is 0 Å². The third kappa shape index (κ3) is 8.16. The van der Waals surface area contributed by atoms with Crippen molar-refractivity contribution in [3.63, 3.8) is 0 Å². The molecule has 204 valence electrons. The zero-order chi connectivity index (χ0) is 27.0. The number of nitrogens with one attached hydrogen (secondary N) is 2. The van der Waals surface area contributed by atoms with E-state index < -0.39 is 9.84 Å². The molecule has 0 unspecified atom stereocenters. The van der Waals surface area contributed by atoms with E-state index in [9.17, 15) is 8.42 Å². The first-order valence-corrected chi connectivity index (χ1v) is 14.7. The normalized spacial score (nSPS) is 15.3. The fraction of sp³-hybridized carbons (Fsp3) is 0.310. The number of aryl methyl sites for hydroxylation is 1. The third-order valence-corrected chi connectivity index (χ3v) is 6.98. The fourth-order valence-corrected chi connectivity index (χ4v) is 4.98. The topological polar surface area (TPSA) is 98.1 Å². The minimum absolute atomic E-state index is 0. The molecule has 8 nitrogen and oxygen atoms in total. The average molecular weight is 538 g/mol. The second-order valence-electron chi connectivity index (χ2n) is 9.63. The summed E-state index contributed by atoms with van der Waals surface area (Å²) in [4.78, 5) is 4.49. The second-order valence-corrected chi connectivity index (χ2v) is 11.8. The Morgan fingerprint density at radius 1 is 1.11 bits per heavy atom. The number of sulfone groups is 1. The molecule has 38 heavy (non-hydrogen) atoms.